The van der Waals surface area contributed by atoms with Crippen LogP contribution in [0.3, 0.4) is 0 Å². The number of fused-ring (bicyclic) bond motifs is 1. The number of carbonyl (C=O) groups excluding carboxylic acids is 2. The van der Waals surface area contributed by atoms with E-state index in [4.69, 9.17) is 4.74 Å². The molecule has 0 aliphatic rings. The maximum Gasteiger partial charge on any atom is 0.317 e. The van der Waals surface area contributed by atoms with Gasteiger partial charge in [0.15, 0.2) is 6.10 Å². The minimum absolute atomic E-state index is 0.0898. The topological polar surface area (TPSA) is 69.2 Å². The van der Waals surface area contributed by atoms with E-state index in [2.05, 4.69) is 9.97 Å². The molecule has 3 rings (SSSR count). The second kappa shape index (κ2) is 7.97. The molecule has 2 aromatic heterocycles. The van der Waals surface area contributed by atoms with E-state index in [1.165, 1.54) is 29.4 Å². The van der Waals surface area contributed by atoms with Crippen molar-refractivity contribution < 1.29 is 14.3 Å². The SMILES string of the molecule is Cc1ccc(C(=O)[C@H](C)OC(=O)CSc2ncnc3sccc23)cc1C. The summed E-state index contributed by atoms with van der Waals surface area (Å²) in [5.74, 6) is -0.553. The molecule has 1 atom stereocenters. The summed E-state index contributed by atoms with van der Waals surface area (Å²) in [6.45, 7) is 5.54. The molecular formula is C19H18N2O3S2. The van der Waals surface area contributed by atoms with Crippen LogP contribution in [0.5, 0.6) is 0 Å². The van der Waals surface area contributed by atoms with Gasteiger partial charge in [-0.25, -0.2) is 9.97 Å². The van der Waals surface area contributed by atoms with E-state index in [0.717, 1.165) is 26.4 Å². The van der Waals surface area contributed by atoms with Crippen LogP contribution < -0.4 is 0 Å². The zero-order chi connectivity index (χ0) is 18.7. The van der Waals surface area contributed by atoms with E-state index < -0.39 is 12.1 Å². The molecule has 0 bridgehead atoms. The quantitative estimate of drug-likeness (QED) is 0.273. The predicted molar refractivity (Wildman–Crippen MR) is 104 cm³/mol. The van der Waals surface area contributed by atoms with Crippen LogP contribution in [0.25, 0.3) is 10.2 Å². The molecule has 0 aliphatic heterocycles. The van der Waals surface area contributed by atoms with E-state index in [0.29, 0.717) is 5.56 Å². The van der Waals surface area contributed by atoms with Gasteiger partial charge >= 0.3 is 5.97 Å². The van der Waals surface area contributed by atoms with Crippen molar-refractivity contribution >= 4 is 45.1 Å². The number of aryl methyl sites for hydroxylation is 2. The van der Waals surface area contributed by atoms with E-state index >= 15 is 0 Å². The maximum absolute atomic E-state index is 12.5. The molecule has 134 valence electrons. The van der Waals surface area contributed by atoms with Gasteiger partial charge in [-0.15, -0.1) is 11.3 Å². The van der Waals surface area contributed by atoms with Gasteiger partial charge in [-0.05, 0) is 49.4 Å². The number of aromatic nitrogens is 2. The van der Waals surface area contributed by atoms with Gasteiger partial charge in [-0.3, -0.25) is 9.59 Å². The Morgan fingerprint density at radius 2 is 2.00 bits per heavy atom. The Labute approximate surface area is 159 Å². The number of hydrogen-bond donors (Lipinski definition) is 0. The van der Waals surface area contributed by atoms with Crippen LogP contribution in [0, 0.1) is 13.8 Å². The molecule has 0 spiro atoms. The van der Waals surface area contributed by atoms with Crippen molar-refractivity contribution in [3.05, 3.63) is 52.7 Å². The van der Waals surface area contributed by atoms with Crippen LogP contribution in [-0.2, 0) is 9.53 Å². The molecule has 5 nitrogen and oxygen atoms in total. The lowest BCUT2D eigenvalue weighted by atomic mass is 10.0. The highest BCUT2D eigenvalue weighted by molar-refractivity contribution is 8.00. The first kappa shape index (κ1) is 18.5. The summed E-state index contributed by atoms with van der Waals surface area (Å²) in [5.41, 5.74) is 2.71. The molecule has 26 heavy (non-hydrogen) atoms. The number of Topliss-reactive ketones (excluding diaryl/α,β-unsaturated/α-hetero) is 1. The number of ketones is 1. The molecular weight excluding hydrogens is 368 g/mol. The van der Waals surface area contributed by atoms with Crippen LogP contribution in [0.1, 0.15) is 28.4 Å². The fraction of sp³-hybridized carbons (Fsp3) is 0.263. The smallest absolute Gasteiger partial charge is 0.317 e. The number of thiophene rings is 1. The highest BCUT2D eigenvalue weighted by Crippen LogP contribution is 2.27. The lowest BCUT2D eigenvalue weighted by Gasteiger charge is -2.13. The molecule has 0 amide bonds. The second-order valence-corrected chi connectivity index (χ2v) is 7.76. The van der Waals surface area contributed by atoms with Crippen LogP contribution in [-0.4, -0.2) is 33.6 Å². The normalized spacial score (nSPS) is 12.1. The Balaban J connectivity index is 1.59. The minimum Gasteiger partial charge on any atom is -0.454 e. The first-order chi connectivity index (χ1) is 12.5. The molecule has 0 saturated heterocycles. The van der Waals surface area contributed by atoms with Gasteiger partial charge in [-0.1, -0.05) is 23.9 Å². The third-order valence-electron chi connectivity index (χ3n) is 4.02. The van der Waals surface area contributed by atoms with Gasteiger partial charge in [0.25, 0.3) is 0 Å². The van der Waals surface area contributed by atoms with Gasteiger partial charge in [0.05, 0.1) is 5.75 Å². The van der Waals surface area contributed by atoms with Gasteiger partial charge < -0.3 is 4.74 Å². The van der Waals surface area contributed by atoms with Crippen molar-refractivity contribution in [2.24, 2.45) is 0 Å². The summed E-state index contributed by atoms with van der Waals surface area (Å²) >= 11 is 2.81. The Morgan fingerprint density at radius 3 is 2.77 bits per heavy atom. The van der Waals surface area contributed by atoms with Crippen molar-refractivity contribution in [3.63, 3.8) is 0 Å². The van der Waals surface area contributed by atoms with E-state index in [1.54, 1.807) is 13.0 Å². The second-order valence-electron chi connectivity index (χ2n) is 5.90. The average Bonchev–Trinajstić information content (AvgIpc) is 3.11. The first-order valence-electron chi connectivity index (χ1n) is 8.07. The van der Waals surface area contributed by atoms with Crippen molar-refractivity contribution in [1.82, 2.24) is 9.97 Å². The number of ether oxygens (including phenoxy) is 1. The number of esters is 1. The summed E-state index contributed by atoms with van der Waals surface area (Å²) in [5, 5.41) is 3.60. The highest BCUT2D eigenvalue weighted by atomic mass is 32.2. The van der Waals surface area contributed by atoms with Gasteiger partial charge in [0, 0.05) is 10.9 Å². The predicted octanol–water partition coefficient (Wildman–Crippen LogP) is 4.21. The number of carbonyl (C=O) groups is 2. The minimum atomic E-state index is -0.822. The monoisotopic (exact) mass is 386 g/mol. The summed E-state index contributed by atoms with van der Waals surface area (Å²) in [7, 11) is 0. The molecule has 0 radical (unpaired) electrons. The number of rotatable bonds is 6. The Morgan fingerprint density at radius 1 is 1.19 bits per heavy atom. The number of nitrogens with zero attached hydrogens (tertiary/aromatic N) is 2. The first-order valence-corrected chi connectivity index (χ1v) is 9.94. The standard InChI is InChI=1S/C19H18N2O3S2/c1-11-4-5-14(8-12(11)2)17(23)13(3)24-16(22)9-26-19-15-6-7-25-18(15)20-10-21-19/h4-8,10,13H,9H2,1-3H3/t13-/m0/s1. The molecule has 2 heterocycles. The molecule has 0 aliphatic carbocycles. The fourth-order valence-corrected chi connectivity index (χ4v) is 3.99. The van der Waals surface area contributed by atoms with E-state index in [9.17, 15) is 9.59 Å². The molecule has 3 aromatic rings. The van der Waals surface area contributed by atoms with Crippen LogP contribution in [0.4, 0.5) is 0 Å². The van der Waals surface area contributed by atoms with Gasteiger partial charge in [0.1, 0.15) is 16.2 Å². The van der Waals surface area contributed by atoms with Gasteiger partial charge in [-0.2, -0.15) is 0 Å². The zero-order valence-electron chi connectivity index (χ0n) is 14.7. The van der Waals surface area contributed by atoms with Crippen LogP contribution in [0.2, 0.25) is 0 Å². The lowest BCUT2D eigenvalue weighted by Crippen LogP contribution is -2.25. The van der Waals surface area contributed by atoms with Crippen LogP contribution in [0.15, 0.2) is 41.0 Å². The molecule has 0 saturated carbocycles. The largest absolute Gasteiger partial charge is 0.454 e. The van der Waals surface area contributed by atoms with Crippen molar-refractivity contribution in [2.45, 2.75) is 31.9 Å². The molecule has 0 unspecified atom stereocenters. The molecule has 0 N–H and O–H groups in total. The van der Waals surface area contributed by atoms with Crippen LogP contribution >= 0.6 is 23.1 Å². The van der Waals surface area contributed by atoms with Gasteiger partial charge in [0.2, 0.25) is 5.78 Å². The summed E-state index contributed by atoms with van der Waals surface area (Å²) in [4.78, 5) is 33.9. The Hall–Kier alpha value is -2.25. The summed E-state index contributed by atoms with van der Waals surface area (Å²) in [6, 6.07) is 7.41. The number of thioether (sulfide) groups is 1. The van der Waals surface area contributed by atoms with Crippen molar-refractivity contribution in [1.29, 1.82) is 0 Å². The third-order valence-corrected chi connectivity index (χ3v) is 5.82. The average molecular weight is 386 g/mol. The summed E-state index contributed by atoms with van der Waals surface area (Å²) < 4.78 is 5.30. The number of benzene rings is 1. The van der Waals surface area contributed by atoms with Crippen molar-refractivity contribution in [2.75, 3.05) is 5.75 Å². The Bertz CT molecular complexity index is 968. The Kier molecular flexibility index (Phi) is 5.68. The summed E-state index contributed by atoms with van der Waals surface area (Å²) in [6.07, 6.45) is 0.662. The lowest BCUT2D eigenvalue weighted by molar-refractivity contribution is -0.143. The van der Waals surface area contributed by atoms with Crippen molar-refractivity contribution in [3.8, 4) is 0 Å². The fourth-order valence-electron chi connectivity index (χ4n) is 2.42. The highest BCUT2D eigenvalue weighted by Gasteiger charge is 2.20. The molecule has 0 fully saturated rings. The molecule has 7 heteroatoms. The molecule has 1 aromatic carbocycles. The number of hydrogen-bond acceptors (Lipinski definition) is 7. The van der Waals surface area contributed by atoms with E-state index in [1.807, 2.05) is 37.4 Å². The maximum atomic E-state index is 12.5. The zero-order valence-corrected chi connectivity index (χ0v) is 16.3. The van der Waals surface area contributed by atoms with E-state index in [-0.39, 0.29) is 11.5 Å². The third kappa shape index (κ3) is 4.11.